The Bertz CT molecular complexity index is 999. The minimum Gasteiger partial charge on any atom is -0.493 e. The number of amides is 2. The molecule has 0 unspecified atom stereocenters. The van der Waals surface area contributed by atoms with Crippen LogP contribution in [0.2, 0.25) is 0 Å². The number of hydrogen-bond acceptors (Lipinski definition) is 6. The number of piperazine rings is 1. The molecule has 0 radical (unpaired) electrons. The van der Waals surface area contributed by atoms with Crippen molar-refractivity contribution in [2.24, 2.45) is 0 Å². The highest BCUT2D eigenvalue weighted by Gasteiger charge is 2.22. The fourth-order valence-corrected chi connectivity index (χ4v) is 3.51. The molecule has 0 saturated carbocycles. The average molecular weight is 455 g/mol. The average Bonchev–Trinajstić information content (AvgIpc) is 2.83. The van der Waals surface area contributed by atoms with Gasteiger partial charge < -0.3 is 19.7 Å². The maximum Gasteiger partial charge on any atom is 0.238 e. The summed E-state index contributed by atoms with van der Waals surface area (Å²) in [5.74, 6) is 0.559. The number of methoxy groups -OCH3 is 1. The van der Waals surface area contributed by atoms with E-state index in [-0.39, 0.29) is 24.2 Å². The number of anilines is 1. The number of nitriles is 1. The molecule has 2 aromatic rings. The lowest BCUT2D eigenvalue weighted by molar-refractivity contribution is -0.133. The Morgan fingerprint density at radius 3 is 2.48 bits per heavy atom. The van der Waals surface area contributed by atoms with Gasteiger partial charge in [0, 0.05) is 44.4 Å². The van der Waals surface area contributed by atoms with Gasteiger partial charge in [0.1, 0.15) is 5.82 Å². The van der Waals surface area contributed by atoms with Crippen LogP contribution in [0.5, 0.6) is 11.5 Å². The van der Waals surface area contributed by atoms with Gasteiger partial charge in [-0.05, 0) is 42.8 Å². The molecule has 1 fully saturated rings. The number of halogens is 1. The molecule has 174 valence electrons. The van der Waals surface area contributed by atoms with Crippen molar-refractivity contribution >= 4 is 17.5 Å². The Hall–Kier alpha value is -3.64. The molecule has 0 aliphatic carbocycles. The number of hydrogen-bond donors (Lipinski definition) is 1. The Balaban J connectivity index is 1.34. The molecular weight excluding hydrogens is 427 g/mol. The third-order valence-electron chi connectivity index (χ3n) is 5.31. The van der Waals surface area contributed by atoms with Crippen LogP contribution >= 0.6 is 0 Å². The highest BCUT2D eigenvalue weighted by Crippen LogP contribution is 2.28. The van der Waals surface area contributed by atoms with E-state index in [1.54, 1.807) is 23.1 Å². The van der Waals surface area contributed by atoms with Gasteiger partial charge in [0.25, 0.3) is 0 Å². The summed E-state index contributed by atoms with van der Waals surface area (Å²) in [5, 5.41) is 11.7. The van der Waals surface area contributed by atoms with Crippen molar-refractivity contribution in [3.05, 3.63) is 53.8 Å². The van der Waals surface area contributed by atoms with Crippen LogP contribution in [0.15, 0.2) is 42.5 Å². The minimum atomic E-state index is -0.352. The lowest BCUT2D eigenvalue weighted by Gasteiger charge is -2.34. The molecule has 1 aliphatic heterocycles. The fraction of sp³-hybridized carbons (Fsp3) is 0.375. The van der Waals surface area contributed by atoms with E-state index < -0.39 is 0 Å². The normalized spacial score (nSPS) is 13.8. The zero-order valence-electron chi connectivity index (χ0n) is 18.6. The second kappa shape index (κ2) is 11.8. The van der Waals surface area contributed by atoms with Gasteiger partial charge in [0.2, 0.25) is 11.8 Å². The van der Waals surface area contributed by atoms with E-state index in [9.17, 15) is 14.0 Å². The number of ether oxygens (including phenoxy) is 2. The molecule has 2 amide bonds. The zero-order valence-corrected chi connectivity index (χ0v) is 18.6. The first kappa shape index (κ1) is 24.0. The first-order chi connectivity index (χ1) is 16.0. The van der Waals surface area contributed by atoms with E-state index in [1.807, 2.05) is 11.0 Å². The van der Waals surface area contributed by atoms with Crippen molar-refractivity contribution in [2.75, 3.05) is 51.8 Å². The fourth-order valence-electron chi connectivity index (χ4n) is 3.51. The number of carbonyl (C=O) groups excluding carboxylic acids is 2. The summed E-state index contributed by atoms with van der Waals surface area (Å²) < 4.78 is 23.9. The maximum absolute atomic E-state index is 13.0. The van der Waals surface area contributed by atoms with Crippen molar-refractivity contribution in [1.29, 1.82) is 5.26 Å². The maximum atomic E-state index is 13.0. The van der Waals surface area contributed by atoms with Gasteiger partial charge in [-0.3, -0.25) is 14.5 Å². The number of nitrogens with one attached hydrogen (secondary N) is 1. The molecular formula is C24H27FN4O4. The molecule has 1 aliphatic rings. The SMILES string of the molecule is COc1cc(C#N)ccc1OCCCC(=O)N1CCN(CC(=O)Nc2ccc(F)cc2)CC1. The Labute approximate surface area is 192 Å². The van der Waals surface area contributed by atoms with E-state index in [4.69, 9.17) is 14.7 Å². The Kier molecular flexibility index (Phi) is 8.61. The highest BCUT2D eigenvalue weighted by molar-refractivity contribution is 5.92. The summed E-state index contributed by atoms with van der Waals surface area (Å²) in [6, 6.07) is 12.6. The standard InChI is InChI=1S/C24H27FN4O4/c1-32-22-15-18(16-26)4-9-21(22)33-14-2-3-24(31)29-12-10-28(11-13-29)17-23(30)27-20-7-5-19(25)6-8-20/h4-9,15H,2-3,10-14,17H2,1H3,(H,27,30). The van der Waals surface area contributed by atoms with Crippen LogP contribution in [0.3, 0.4) is 0 Å². The molecule has 0 aromatic heterocycles. The predicted octanol–water partition coefficient (Wildman–Crippen LogP) is 2.65. The molecule has 0 atom stereocenters. The van der Waals surface area contributed by atoms with Gasteiger partial charge in [-0.25, -0.2) is 4.39 Å². The third kappa shape index (κ3) is 7.19. The summed E-state index contributed by atoms with van der Waals surface area (Å²) in [6.45, 7) is 2.93. The molecule has 1 N–H and O–H groups in total. The van der Waals surface area contributed by atoms with E-state index in [2.05, 4.69) is 5.32 Å². The van der Waals surface area contributed by atoms with Crippen LogP contribution in [0.4, 0.5) is 10.1 Å². The van der Waals surface area contributed by atoms with Crippen LogP contribution in [0, 0.1) is 17.1 Å². The van der Waals surface area contributed by atoms with Crippen molar-refractivity contribution < 1.29 is 23.5 Å². The van der Waals surface area contributed by atoms with E-state index in [0.29, 0.717) is 68.4 Å². The van der Waals surface area contributed by atoms with Gasteiger partial charge in [-0.2, -0.15) is 5.26 Å². The summed E-state index contributed by atoms with van der Waals surface area (Å²) in [5.41, 5.74) is 1.04. The summed E-state index contributed by atoms with van der Waals surface area (Å²) in [4.78, 5) is 28.5. The number of rotatable bonds is 9. The van der Waals surface area contributed by atoms with E-state index in [1.165, 1.54) is 31.4 Å². The van der Waals surface area contributed by atoms with Crippen LogP contribution < -0.4 is 14.8 Å². The van der Waals surface area contributed by atoms with Gasteiger partial charge in [0.05, 0.1) is 31.9 Å². The second-order valence-electron chi connectivity index (χ2n) is 7.64. The minimum absolute atomic E-state index is 0.0563. The summed E-state index contributed by atoms with van der Waals surface area (Å²) >= 11 is 0. The summed E-state index contributed by atoms with van der Waals surface area (Å²) in [6.07, 6.45) is 0.923. The molecule has 3 rings (SSSR count). The molecule has 1 heterocycles. The first-order valence-corrected chi connectivity index (χ1v) is 10.7. The third-order valence-corrected chi connectivity index (χ3v) is 5.31. The largest absolute Gasteiger partial charge is 0.493 e. The molecule has 1 saturated heterocycles. The van der Waals surface area contributed by atoms with Crippen molar-refractivity contribution in [2.45, 2.75) is 12.8 Å². The molecule has 0 bridgehead atoms. The van der Waals surface area contributed by atoms with Gasteiger partial charge in [-0.1, -0.05) is 0 Å². The number of nitrogens with zero attached hydrogens (tertiary/aromatic N) is 3. The van der Waals surface area contributed by atoms with Crippen LogP contribution in [-0.4, -0.2) is 68.1 Å². The van der Waals surface area contributed by atoms with Crippen molar-refractivity contribution in [1.82, 2.24) is 9.80 Å². The van der Waals surface area contributed by atoms with Crippen molar-refractivity contribution in [3.8, 4) is 17.6 Å². The van der Waals surface area contributed by atoms with Crippen LogP contribution in [-0.2, 0) is 9.59 Å². The molecule has 8 nitrogen and oxygen atoms in total. The molecule has 2 aromatic carbocycles. The van der Waals surface area contributed by atoms with Crippen LogP contribution in [0.25, 0.3) is 0 Å². The van der Waals surface area contributed by atoms with Gasteiger partial charge in [0.15, 0.2) is 11.5 Å². The highest BCUT2D eigenvalue weighted by atomic mass is 19.1. The lowest BCUT2D eigenvalue weighted by atomic mass is 10.2. The summed E-state index contributed by atoms with van der Waals surface area (Å²) in [7, 11) is 1.51. The first-order valence-electron chi connectivity index (χ1n) is 10.7. The molecule has 9 heteroatoms. The molecule has 33 heavy (non-hydrogen) atoms. The second-order valence-corrected chi connectivity index (χ2v) is 7.64. The number of benzene rings is 2. The molecule has 0 spiro atoms. The monoisotopic (exact) mass is 454 g/mol. The van der Waals surface area contributed by atoms with E-state index >= 15 is 0 Å². The van der Waals surface area contributed by atoms with E-state index in [0.717, 1.165) is 0 Å². The zero-order chi connectivity index (χ0) is 23.6. The Morgan fingerprint density at radius 2 is 1.82 bits per heavy atom. The Morgan fingerprint density at radius 1 is 1.09 bits per heavy atom. The lowest BCUT2D eigenvalue weighted by Crippen LogP contribution is -2.50. The van der Waals surface area contributed by atoms with Gasteiger partial charge >= 0.3 is 0 Å². The van der Waals surface area contributed by atoms with Crippen LogP contribution in [0.1, 0.15) is 18.4 Å². The smallest absolute Gasteiger partial charge is 0.238 e. The predicted molar refractivity (Wildman–Crippen MR) is 120 cm³/mol. The van der Waals surface area contributed by atoms with Gasteiger partial charge in [-0.15, -0.1) is 0 Å². The quantitative estimate of drug-likeness (QED) is 0.586. The topological polar surface area (TPSA) is 94.9 Å². The van der Waals surface area contributed by atoms with Crippen molar-refractivity contribution in [3.63, 3.8) is 0 Å². The number of carbonyl (C=O) groups is 2.